The molecule has 0 saturated carbocycles. The van der Waals surface area contributed by atoms with Gasteiger partial charge in [-0.05, 0) is 96.1 Å². The smallest absolute Gasteiger partial charge is 0.0776 e. The molecule has 0 atom stereocenters. The highest BCUT2D eigenvalue weighted by Crippen LogP contribution is 2.55. The summed E-state index contributed by atoms with van der Waals surface area (Å²) in [5, 5.41) is 8.33. The summed E-state index contributed by atoms with van der Waals surface area (Å²) in [6.07, 6.45) is 0. The van der Waals surface area contributed by atoms with Crippen LogP contribution < -0.4 is 15.3 Å². The zero-order valence-corrected chi connectivity index (χ0v) is 36.1. The minimum atomic E-state index is -1.52. The molecule has 1 aliphatic carbocycles. The molecule has 9 rings (SSSR count). The Morgan fingerprint density at radius 2 is 1.00 bits per heavy atom. The van der Waals surface area contributed by atoms with E-state index in [2.05, 4.69) is 210 Å². The Kier molecular flexibility index (Phi) is 8.03. The van der Waals surface area contributed by atoms with Crippen molar-refractivity contribution in [2.24, 2.45) is 0 Å². The van der Waals surface area contributed by atoms with Crippen molar-refractivity contribution >= 4 is 76.2 Å². The average Bonchev–Trinajstić information content (AvgIpc) is 3.60. The molecule has 1 heterocycles. The number of anilines is 3. The number of fused-ring (bicyclic) bond motifs is 8. The SMILES string of the molecule is Cc1ccc(N(c2ccc(C)cc2)c2cc3c(c4ccccc24)-c2ccc(-n4c5ccc([Si](C)(C)C)cc5c5cc([Si](C)(C)C)ccc54)cc2C3(C)C)cc1. The third-order valence-corrected chi connectivity index (χ3v) is 16.3. The Morgan fingerprint density at radius 3 is 1.51 bits per heavy atom. The molecule has 4 heteroatoms. The second kappa shape index (κ2) is 12.4. The van der Waals surface area contributed by atoms with Crippen LogP contribution in [-0.4, -0.2) is 20.7 Å². The Hall–Kier alpha value is -5.17. The molecule has 7 aromatic carbocycles. The van der Waals surface area contributed by atoms with Crippen molar-refractivity contribution in [1.29, 1.82) is 0 Å². The van der Waals surface area contributed by atoms with Crippen LogP contribution in [0.3, 0.4) is 0 Å². The van der Waals surface area contributed by atoms with E-state index in [0.717, 1.165) is 11.4 Å². The van der Waals surface area contributed by atoms with Crippen LogP contribution in [0.15, 0.2) is 133 Å². The third-order valence-electron chi connectivity index (χ3n) is 12.2. The first-order valence-electron chi connectivity index (χ1n) is 19.9. The molecule has 8 aromatic rings. The molecule has 0 amide bonds. The fourth-order valence-corrected chi connectivity index (χ4v) is 11.2. The lowest BCUT2D eigenvalue weighted by atomic mass is 9.81. The zero-order valence-electron chi connectivity index (χ0n) is 34.1. The Bertz CT molecular complexity index is 2690. The van der Waals surface area contributed by atoms with Crippen molar-refractivity contribution in [1.82, 2.24) is 4.57 Å². The van der Waals surface area contributed by atoms with Crippen LogP contribution in [-0.2, 0) is 5.41 Å². The number of benzene rings is 7. The van der Waals surface area contributed by atoms with Gasteiger partial charge >= 0.3 is 0 Å². The summed E-state index contributed by atoms with van der Waals surface area (Å²) in [4.78, 5) is 2.45. The summed E-state index contributed by atoms with van der Waals surface area (Å²) in [6.45, 7) is 23.9. The van der Waals surface area contributed by atoms with Crippen LogP contribution in [0.5, 0.6) is 0 Å². The van der Waals surface area contributed by atoms with E-state index < -0.39 is 16.1 Å². The summed E-state index contributed by atoms with van der Waals surface area (Å²) in [5.74, 6) is 0. The molecule has 0 N–H and O–H groups in total. The van der Waals surface area contributed by atoms with Crippen molar-refractivity contribution in [3.8, 4) is 16.8 Å². The fourth-order valence-electron chi connectivity index (χ4n) is 8.93. The van der Waals surface area contributed by atoms with Gasteiger partial charge in [-0.15, -0.1) is 0 Å². The van der Waals surface area contributed by atoms with Crippen LogP contribution >= 0.6 is 0 Å². The van der Waals surface area contributed by atoms with E-state index in [0.29, 0.717) is 0 Å². The van der Waals surface area contributed by atoms with Crippen molar-refractivity contribution in [3.05, 3.63) is 156 Å². The average molecular weight is 749 g/mol. The minimum Gasteiger partial charge on any atom is -0.310 e. The maximum absolute atomic E-state index is 2.53. The van der Waals surface area contributed by atoms with Gasteiger partial charge in [0, 0.05) is 38.6 Å². The lowest BCUT2D eigenvalue weighted by molar-refractivity contribution is 0.660. The van der Waals surface area contributed by atoms with Gasteiger partial charge in [0.25, 0.3) is 0 Å². The van der Waals surface area contributed by atoms with Gasteiger partial charge in [0.1, 0.15) is 0 Å². The van der Waals surface area contributed by atoms with E-state index in [9.17, 15) is 0 Å². The standard InChI is InChI=1S/C51H52N2Si2/c1-33-15-19-35(20-16-33)52(36-21-17-34(2)18-22-36)49-32-46-50(41-14-12-11-13-40(41)49)42-26-23-37(29-45(42)51(46,3)4)53-47-27-24-38(54(5,6)7)30-43(47)44-31-39(55(8,9)10)25-28-48(44)53/h11-32H,1-10H3. The van der Waals surface area contributed by atoms with E-state index in [4.69, 9.17) is 0 Å². The molecule has 0 bridgehead atoms. The van der Waals surface area contributed by atoms with Crippen molar-refractivity contribution in [3.63, 3.8) is 0 Å². The van der Waals surface area contributed by atoms with Gasteiger partial charge in [-0.1, -0.05) is 153 Å². The molecule has 1 aromatic heterocycles. The largest absolute Gasteiger partial charge is 0.310 e. The minimum absolute atomic E-state index is 0.222. The van der Waals surface area contributed by atoms with Gasteiger partial charge < -0.3 is 9.47 Å². The summed E-state index contributed by atoms with van der Waals surface area (Å²) < 4.78 is 2.53. The molecule has 0 unspecified atom stereocenters. The van der Waals surface area contributed by atoms with Crippen LogP contribution in [0, 0.1) is 13.8 Å². The Labute approximate surface area is 329 Å². The molecule has 0 fully saturated rings. The van der Waals surface area contributed by atoms with Gasteiger partial charge in [0.05, 0.1) is 32.9 Å². The van der Waals surface area contributed by atoms with Gasteiger partial charge in [-0.25, -0.2) is 0 Å². The van der Waals surface area contributed by atoms with Gasteiger partial charge in [-0.2, -0.15) is 0 Å². The van der Waals surface area contributed by atoms with Crippen LogP contribution in [0.4, 0.5) is 17.1 Å². The van der Waals surface area contributed by atoms with E-state index in [1.165, 1.54) is 87.7 Å². The maximum Gasteiger partial charge on any atom is 0.0776 e. The Morgan fingerprint density at radius 1 is 0.491 bits per heavy atom. The lowest BCUT2D eigenvalue weighted by Gasteiger charge is -2.30. The molecule has 274 valence electrons. The van der Waals surface area contributed by atoms with Crippen molar-refractivity contribution in [2.45, 2.75) is 72.4 Å². The fraction of sp³-hybridized carbons (Fsp3) is 0.216. The summed E-state index contributed by atoms with van der Waals surface area (Å²) in [6, 6.07) is 51.4. The summed E-state index contributed by atoms with van der Waals surface area (Å²) in [7, 11) is -3.03. The molecule has 55 heavy (non-hydrogen) atoms. The predicted octanol–water partition coefficient (Wildman–Crippen LogP) is 13.4. The summed E-state index contributed by atoms with van der Waals surface area (Å²) in [5.41, 5.74) is 15.1. The second-order valence-electron chi connectivity index (χ2n) is 18.5. The van der Waals surface area contributed by atoms with Crippen LogP contribution in [0.1, 0.15) is 36.1 Å². The molecule has 0 spiro atoms. The van der Waals surface area contributed by atoms with Crippen molar-refractivity contribution < 1.29 is 0 Å². The second-order valence-corrected chi connectivity index (χ2v) is 28.7. The molecule has 0 radical (unpaired) electrons. The quantitative estimate of drug-likeness (QED) is 0.154. The third kappa shape index (κ3) is 5.72. The topological polar surface area (TPSA) is 8.17 Å². The number of rotatable bonds is 6. The molecule has 1 aliphatic rings. The monoisotopic (exact) mass is 748 g/mol. The molecule has 0 saturated heterocycles. The molecule has 2 nitrogen and oxygen atoms in total. The summed E-state index contributed by atoms with van der Waals surface area (Å²) >= 11 is 0. The number of hydrogen-bond acceptors (Lipinski definition) is 1. The van der Waals surface area contributed by atoms with Crippen LogP contribution in [0.2, 0.25) is 39.3 Å². The highest BCUT2D eigenvalue weighted by molar-refractivity contribution is 6.89. The maximum atomic E-state index is 2.53. The first kappa shape index (κ1) is 35.5. The molecule has 0 aliphatic heterocycles. The van der Waals surface area contributed by atoms with E-state index >= 15 is 0 Å². The first-order valence-corrected chi connectivity index (χ1v) is 26.9. The number of hydrogen-bond donors (Lipinski definition) is 0. The van der Waals surface area contributed by atoms with E-state index in [1.807, 2.05) is 0 Å². The van der Waals surface area contributed by atoms with E-state index in [1.54, 1.807) is 0 Å². The van der Waals surface area contributed by atoms with Crippen LogP contribution in [0.25, 0.3) is 49.4 Å². The molecular formula is C51H52N2Si2. The normalized spacial score (nSPS) is 13.8. The number of aromatic nitrogens is 1. The predicted molar refractivity (Wildman–Crippen MR) is 246 cm³/mol. The highest BCUT2D eigenvalue weighted by Gasteiger charge is 2.38. The van der Waals surface area contributed by atoms with E-state index in [-0.39, 0.29) is 5.41 Å². The Balaban J connectivity index is 1.27. The number of nitrogens with zero attached hydrogens (tertiary/aromatic N) is 2. The van der Waals surface area contributed by atoms with Gasteiger partial charge in [0.15, 0.2) is 0 Å². The van der Waals surface area contributed by atoms with Gasteiger partial charge in [0.2, 0.25) is 0 Å². The zero-order chi connectivity index (χ0) is 38.6. The number of aryl methyl sites for hydroxylation is 2. The highest BCUT2D eigenvalue weighted by atomic mass is 28.3. The molecular weight excluding hydrogens is 697 g/mol. The van der Waals surface area contributed by atoms with Crippen molar-refractivity contribution in [2.75, 3.05) is 4.90 Å². The van der Waals surface area contributed by atoms with Gasteiger partial charge in [-0.3, -0.25) is 0 Å². The lowest BCUT2D eigenvalue weighted by Crippen LogP contribution is -2.37. The first-order chi connectivity index (χ1) is 26.1.